The highest BCUT2D eigenvalue weighted by Gasteiger charge is 2.52. The van der Waals surface area contributed by atoms with E-state index in [1.165, 1.54) is 4.90 Å². The zero-order chi connectivity index (χ0) is 19.3. The Labute approximate surface area is 163 Å². The van der Waals surface area contributed by atoms with Crippen molar-refractivity contribution in [2.75, 3.05) is 37.7 Å². The molecule has 148 valence electrons. The van der Waals surface area contributed by atoms with Gasteiger partial charge < -0.3 is 4.90 Å². The molecule has 1 spiro atoms. The summed E-state index contributed by atoms with van der Waals surface area (Å²) in [5.41, 5.74) is 0.439. The number of imide groups is 1. The van der Waals surface area contributed by atoms with Crippen molar-refractivity contribution in [3.8, 4) is 0 Å². The molecule has 1 aliphatic carbocycles. The third-order valence-electron chi connectivity index (χ3n) is 6.57. The lowest BCUT2D eigenvalue weighted by Crippen LogP contribution is -2.51. The molecule has 0 radical (unpaired) electrons. The standard InChI is InChI=1S/C19H25N7O2/c1-23-16-14(11-22-23)17(21-12-20-16)25-8-6-24(7-9-25)13-26-15(27)10-19(18(26)28)4-2-3-5-19/h11-12H,2-10,13H2,1H3. The van der Waals surface area contributed by atoms with Crippen molar-refractivity contribution < 1.29 is 9.59 Å². The molecular formula is C19H25N7O2. The summed E-state index contributed by atoms with van der Waals surface area (Å²) in [6.07, 6.45) is 7.66. The Morgan fingerprint density at radius 2 is 1.82 bits per heavy atom. The Morgan fingerprint density at radius 1 is 1.07 bits per heavy atom. The summed E-state index contributed by atoms with van der Waals surface area (Å²) < 4.78 is 1.75. The van der Waals surface area contributed by atoms with Crippen molar-refractivity contribution in [2.24, 2.45) is 12.5 Å². The number of carbonyl (C=O) groups is 2. The lowest BCUT2D eigenvalue weighted by atomic mass is 9.85. The van der Waals surface area contributed by atoms with Gasteiger partial charge in [-0.15, -0.1) is 0 Å². The third-order valence-corrected chi connectivity index (χ3v) is 6.57. The molecule has 9 heteroatoms. The molecule has 2 aromatic rings. The normalized spacial score (nSPS) is 22.9. The quantitative estimate of drug-likeness (QED) is 0.723. The summed E-state index contributed by atoms with van der Waals surface area (Å²) in [7, 11) is 1.87. The number of likely N-dealkylation sites (tertiary alicyclic amines) is 1. The van der Waals surface area contributed by atoms with Crippen LogP contribution in [-0.2, 0) is 16.6 Å². The molecule has 5 rings (SSSR count). The van der Waals surface area contributed by atoms with Crippen LogP contribution in [0, 0.1) is 5.41 Å². The summed E-state index contributed by atoms with van der Waals surface area (Å²) in [6, 6.07) is 0. The number of hydrogen-bond donors (Lipinski definition) is 0. The smallest absolute Gasteiger partial charge is 0.237 e. The molecule has 2 amide bonds. The molecule has 3 fully saturated rings. The van der Waals surface area contributed by atoms with E-state index in [4.69, 9.17) is 0 Å². The first-order valence-electron chi connectivity index (χ1n) is 10.0. The van der Waals surface area contributed by atoms with Crippen LogP contribution < -0.4 is 4.90 Å². The number of aryl methyl sites for hydroxylation is 1. The maximum Gasteiger partial charge on any atom is 0.237 e. The van der Waals surface area contributed by atoms with E-state index in [1.54, 1.807) is 17.2 Å². The number of hydrogen-bond acceptors (Lipinski definition) is 7. The highest BCUT2D eigenvalue weighted by atomic mass is 16.2. The number of anilines is 1. The Bertz CT molecular complexity index is 926. The Balaban J connectivity index is 1.25. The Hall–Kier alpha value is -2.55. The third kappa shape index (κ3) is 2.68. The molecule has 4 heterocycles. The summed E-state index contributed by atoms with van der Waals surface area (Å²) in [6.45, 7) is 3.58. The monoisotopic (exact) mass is 383 g/mol. The van der Waals surface area contributed by atoms with Crippen molar-refractivity contribution in [2.45, 2.75) is 32.1 Å². The minimum Gasteiger partial charge on any atom is -0.353 e. The van der Waals surface area contributed by atoms with Gasteiger partial charge in [0, 0.05) is 39.6 Å². The highest BCUT2D eigenvalue weighted by molar-refractivity contribution is 6.06. The van der Waals surface area contributed by atoms with E-state index in [-0.39, 0.29) is 17.2 Å². The highest BCUT2D eigenvalue weighted by Crippen LogP contribution is 2.46. The van der Waals surface area contributed by atoms with Gasteiger partial charge in [0.25, 0.3) is 0 Å². The fourth-order valence-corrected chi connectivity index (χ4v) is 4.95. The van der Waals surface area contributed by atoms with Crippen LogP contribution in [-0.4, -0.2) is 74.2 Å². The SMILES string of the molecule is Cn1ncc2c(N3CCN(CN4C(=O)CC5(CCCC5)C4=O)CC3)ncnc21. The summed E-state index contributed by atoms with van der Waals surface area (Å²) in [4.78, 5) is 40.1. The van der Waals surface area contributed by atoms with Gasteiger partial charge in [0.15, 0.2) is 5.65 Å². The molecule has 9 nitrogen and oxygen atoms in total. The van der Waals surface area contributed by atoms with Crippen LogP contribution in [0.1, 0.15) is 32.1 Å². The van der Waals surface area contributed by atoms with Gasteiger partial charge in [-0.2, -0.15) is 5.10 Å². The van der Waals surface area contributed by atoms with Gasteiger partial charge in [0.1, 0.15) is 12.1 Å². The van der Waals surface area contributed by atoms with Crippen molar-refractivity contribution >= 4 is 28.7 Å². The van der Waals surface area contributed by atoms with Crippen molar-refractivity contribution in [1.82, 2.24) is 29.5 Å². The number of amides is 2. The second-order valence-electron chi connectivity index (χ2n) is 8.24. The van der Waals surface area contributed by atoms with Crippen LogP contribution in [0.2, 0.25) is 0 Å². The van der Waals surface area contributed by atoms with Crippen molar-refractivity contribution in [3.63, 3.8) is 0 Å². The van der Waals surface area contributed by atoms with Crippen molar-refractivity contribution in [3.05, 3.63) is 12.5 Å². The van der Waals surface area contributed by atoms with E-state index in [2.05, 4.69) is 24.9 Å². The van der Waals surface area contributed by atoms with Gasteiger partial charge in [-0.25, -0.2) is 9.97 Å². The van der Waals surface area contributed by atoms with E-state index in [9.17, 15) is 9.59 Å². The number of nitrogens with zero attached hydrogens (tertiary/aromatic N) is 7. The van der Waals surface area contributed by atoms with Gasteiger partial charge in [-0.1, -0.05) is 12.8 Å². The summed E-state index contributed by atoms with van der Waals surface area (Å²) >= 11 is 0. The first kappa shape index (κ1) is 17.5. The minimum atomic E-state index is -0.383. The van der Waals surface area contributed by atoms with Gasteiger partial charge in [0.2, 0.25) is 11.8 Å². The summed E-state index contributed by atoms with van der Waals surface area (Å²) in [5.74, 6) is 0.962. The van der Waals surface area contributed by atoms with Gasteiger partial charge in [-0.05, 0) is 12.8 Å². The van der Waals surface area contributed by atoms with Crippen LogP contribution in [0.15, 0.2) is 12.5 Å². The van der Waals surface area contributed by atoms with E-state index in [0.29, 0.717) is 13.1 Å². The zero-order valence-corrected chi connectivity index (χ0v) is 16.2. The molecule has 2 saturated heterocycles. The van der Waals surface area contributed by atoms with Crippen molar-refractivity contribution in [1.29, 1.82) is 0 Å². The number of aromatic nitrogens is 4. The second-order valence-corrected chi connectivity index (χ2v) is 8.24. The van der Waals surface area contributed by atoms with Crippen LogP contribution in [0.4, 0.5) is 5.82 Å². The molecule has 2 aliphatic heterocycles. The van der Waals surface area contributed by atoms with Gasteiger partial charge >= 0.3 is 0 Å². The minimum absolute atomic E-state index is 0.00204. The fraction of sp³-hybridized carbons (Fsp3) is 0.632. The Kier molecular flexibility index (Phi) is 4.08. The lowest BCUT2D eigenvalue weighted by molar-refractivity contribution is -0.143. The number of fused-ring (bicyclic) bond motifs is 1. The predicted molar refractivity (Wildman–Crippen MR) is 102 cm³/mol. The fourth-order valence-electron chi connectivity index (χ4n) is 4.95. The van der Waals surface area contributed by atoms with Crippen LogP contribution in [0.3, 0.4) is 0 Å². The molecule has 2 aromatic heterocycles. The van der Waals surface area contributed by atoms with Crippen LogP contribution in [0.5, 0.6) is 0 Å². The molecule has 28 heavy (non-hydrogen) atoms. The largest absolute Gasteiger partial charge is 0.353 e. The van der Waals surface area contributed by atoms with E-state index >= 15 is 0 Å². The molecule has 3 aliphatic rings. The zero-order valence-electron chi connectivity index (χ0n) is 16.2. The molecule has 1 saturated carbocycles. The van der Waals surface area contributed by atoms with E-state index in [0.717, 1.165) is 68.7 Å². The maximum absolute atomic E-state index is 12.9. The topological polar surface area (TPSA) is 87.5 Å². The molecule has 0 bridgehead atoms. The summed E-state index contributed by atoms with van der Waals surface area (Å²) in [5, 5.41) is 5.23. The van der Waals surface area contributed by atoms with Gasteiger partial charge in [0.05, 0.1) is 23.7 Å². The number of rotatable bonds is 3. The van der Waals surface area contributed by atoms with Crippen LogP contribution >= 0.6 is 0 Å². The number of carbonyl (C=O) groups excluding carboxylic acids is 2. The maximum atomic E-state index is 12.9. The second kappa shape index (κ2) is 6.51. The molecule has 0 N–H and O–H groups in total. The molecule has 0 unspecified atom stereocenters. The molecular weight excluding hydrogens is 358 g/mol. The van der Waals surface area contributed by atoms with Crippen LogP contribution in [0.25, 0.3) is 11.0 Å². The van der Waals surface area contributed by atoms with Gasteiger partial charge in [-0.3, -0.25) is 24.1 Å². The van der Waals surface area contributed by atoms with E-state index < -0.39 is 0 Å². The molecule has 0 atom stereocenters. The Morgan fingerprint density at radius 3 is 2.57 bits per heavy atom. The first-order valence-corrected chi connectivity index (χ1v) is 10.0. The predicted octanol–water partition coefficient (Wildman–Crippen LogP) is 0.762. The first-order chi connectivity index (χ1) is 13.6. The molecule has 0 aromatic carbocycles. The van der Waals surface area contributed by atoms with E-state index in [1.807, 2.05) is 7.05 Å². The lowest BCUT2D eigenvalue weighted by Gasteiger charge is -2.37. The number of piperazine rings is 1. The average Bonchev–Trinajstić information content (AvgIpc) is 3.39. The average molecular weight is 383 g/mol.